The minimum absolute atomic E-state index is 0.0681. The van der Waals surface area contributed by atoms with Crippen LogP contribution in [-0.2, 0) is 27.5 Å². The van der Waals surface area contributed by atoms with Crippen LogP contribution in [-0.4, -0.2) is 49.5 Å². The molecular formula is C16H23N3O3. The van der Waals surface area contributed by atoms with Crippen molar-refractivity contribution in [1.29, 1.82) is 0 Å². The molecule has 6 nitrogen and oxygen atoms in total. The number of nitrogens with one attached hydrogen (secondary N) is 2. The Balaban J connectivity index is 1.98. The molecule has 0 aromatic heterocycles. The molecule has 2 N–H and O–H groups in total. The van der Waals surface area contributed by atoms with E-state index in [1.165, 1.54) is 6.92 Å². The van der Waals surface area contributed by atoms with Crippen molar-refractivity contribution in [1.82, 2.24) is 15.5 Å². The van der Waals surface area contributed by atoms with Gasteiger partial charge in [0.25, 0.3) is 0 Å². The van der Waals surface area contributed by atoms with Gasteiger partial charge in [-0.2, -0.15) is 0 Å². The van der Waals surface area contributed by atoms with Crippen molar-refractivity contribution in [3.63, 3.8) is 0 Å². The summed E-state index contributed by atoms with van der Waals surface area (Å²) in [5.74, 6) is -0.198. The molecule has 0 unspecified atom stereocenters. The van der Waals surface area contributed by atoms with Gasteiger partial charge in [0.2, 0.25) is 11.8 Å². The number of carbonyl (C=O) groups excluding carboxylic acids is 2. The van der Waals surface area contributed by atoms with Crippen LogP contribution in [0.25, 0.3) is 0 Å². The number of rotatable bonds is 5. The van der Waals surface area contributed by atoms with Crippen molar-refractivity contribution < 1.29 is 14.3 Å². The lowest BCUT2D eigenvalue weighted by Gasteiger charge is -2.34. The van der Waals surface area contributed by atoms with Crippen molar-refractivity contribution in [3.05, 3.63) is 35.4 Å². The first-order valence-corrected chi connectivity index (χ1v) is 7.45. The summed E-state index contributed by atoms with van der Waals surface area (Å²) in [6, 6.07) is 7.39. The first-order valence-electron chi connectivity index (χ1n) is 7.45. The Kier molecular flexibility index (Phi) is 5.91. The van der Waals surface area contributed by atoms with E-state index in [9.17, 15) is 9.59 Å². The zero-order chi connectivity index (χ0) is 15.9. The molecule has 120 valence electrons. The number of carbonyl (C=O) groups is 2. The second-order valence-corrected chi connectivity index (χ2v) is 5.35. The molecule has 6 heteroatoms. The molecule has 1 aromatic rings. The van der Waals surface area contributed by atoms with Gasteiger partial charge in [-0.25, -0.2) is 0 Å². The van der Waals surface area contributed by atoms with Gasteiger partial charge in [0.15, 0.2) is 0 Å². The smallest absolute Gasteiger partial charge is 0.244 e. The van der Waals surface area contributed by atoms with Gasteiger partial charge in [-0.1, -0.05) is 24.3 Å². The highest BCUT2D eigenvalue weighted by Gasteiger charge is 2.30. The second kappa shape index (κ2) is 7.91. The molecule has 1 heterocycles. The lowest BCUT2D eigenvalue weighted by Crippen LogP contribution is -2.59. The highest BCUT2D eigenvalue weighted by Crippen LogP contribution is 2.10. The van der Waals surface area contributed by atoms with Crippen LogP contribution in [0.2, 0.25) is 0 Å². The quantitative estimate of drug-likeness (QED) is 0.819. The normalized spacial score (nSPS) is 18.1. The van der Waals surface area contributed by atoms with E-state index < -0.39 is 6.04 Å². The van der Waals surface area contributed by atoms with E-state index in [4.69, 9.17) is 4.74 Å². The van der Waals surface area contributed by atoms with E-state index in [2.05, 4.69) is 10.6 Å². The standard InChI is InChI=1S/C16H23N3O3/c1-12(20)19-8-7-17-10-15(19)16(21)18-9-13-5-3-4-6-14(13)11-22-2/h3-6,15,17H,7-11H2,1-2H3,(H,18,21)/t15-/m0/s1. The largest absolute Gasteiger partial charge is 0.380 e. The summed E-state index contributed by atoms with van der Waals surface area (Å²) in [4.78, 5) is 25.6. The predicted molar refractivity (Wildman–Crippen MR) is 83.0 cm³/mol. The number of ether oxygens (including phenoxy) is 1. The average molecular weight is 305 g/mol. The van der Waals surface area contributed by atoms with Gasteiger partial charge >= 0.3 is 0 Å². The maximum atomic E-state index is 12.4. The zero-order valence-electron chi connectivity index (χ0n) is 13.1. The molecule has 1 aromatic carbocycles. The summed E-state index contributed by atoms with van der Waals surface area (Å²) >= 11 is 0. The molecule has 0 spiro atoms. The monoisotopic (exact) mass is 305 g/mol. The molecule has 1 atom stereocenters. The van der Waals surface area contributed by atoms with Crippen LogP contribution in [0, 0.1) is 0 Å². The maximum Gasteiger partial charge on any atom is 0.244 e. The fourth-order valence-corrected chi connectivity index (χ4v) is 2.64. The van der Waals surface area contributed by atoms with Crippen molar-refractivity contribution >= 4 is 11.8 Å². The SMILES string of the molecule is COCc1ccccc1CNC(=O)[C@@H]1CNCCN1C(C)=O. The van der Waals surface area contributed by atoms with Crippen LogP contribution < -0.4 is 10.6 Å². The molecule has 2 rings (SSSR count). The molecule has 0 radical (unpaired) electrons. The highest BCUT2D eigenvalue weighted by molar-refractivity contribution is 5.87. The lowest BCUT2D eigenvalue weighted by atomic mass is 10.1. The van der Waals surface area contributed by atoms with Gasteiger partial charge in [-0.3, -0.25) is 9.59 Å². The van der Waals surface area contributed by atoms with E-state index >= 15 is 0 Å². The molecule has 1 aliphatic rings. The van der Waals surface area contributed by atoms with Crippen LogP contribution in [0.5, 0.6) is 0 Å². The minimum Gasteiger partial charge on any atom is -0.380 e. The van der Waals surface area contributed by atoms with Crippen LogP contribution >= 0.6 is 0 Å². The molecule has 1 fully saturated rings. The van der Waals surface area contributed by atoms with Crippen molar-refractivity contribution in [2.45, 2.75) is 26.1 Å². The van der Waals surface area contributed by atoms with Crippen molar-refractivity contribution in [2.75, 3.05) is 26.7 Å². The van der Waals surface area contributed by atoms with Crippen LogP contribution in [0.4, 0.5) is 0 Å². The number of amides is 2. The minimum atomic E-state index is -0.444. The molecule has 22 heavy (non-hydrogen) atoms. The number of benzene rings is 1. The Hall–Kier alpha value is -1.92. The molecule has 0 bridgehead atoms. The second-order valence-electron chi connectivity index (χ2n) is 5.35. The van der Waals surface area contributed by atoms with E-state index in [0.717, 1.165) is 17.7 Å². The van der Waals surface area contributed by atoms with E-state index in [-0.39, 0.29) is 11.8 Å². The Morgan fingerprint density at radius 3 is 2.77 bits per heavy atom. The fraction of sp³-hybridized carbons (Fsp3) is 0.500. The predicted octanol–water partition coefficient (Wildman–Crippen LogP) is 0.270. The number of hydrogen-bond donors (Lipinski definition) is 2. The lowest BCUT2D eigenvalue weighted by molar-refractivity contribution is -0.140. The third-order valence-corrected chi connectivity index (χ3v) is 3.82. The first-order chi connectivity index (χ1) is 10.6. The molecule has 1 saturated heterocycles. The molecular weight excluding hydrogens is 282 g/mol. The Labute approximate surface area is 130 Å². The molecule has 2 amide bonds. The Morgan fingerprint density at radius 2 is 2.09 bits per heavy atom. The number of methoxy groups -OCH3 is 1. The zero-order valence-corrected chi connectivity index (χ0v) is 13.1. The first kappa shape index (κ1) is 16.5. The van der Waals surface area contributed by atoms with Crippen LogP contribution in [0.15, 0.2) is 24.3 Å². The fourth-order valence-electron chi connectivity index (χ4n) is 2.64. The average Bonchev–Trinajstić information content (AvgIpc) is 2.54. The number of hydrogen-bond acceptors (Lipinski definition) is 4. The summed E-state index contributed by atoms with van der Waals surface area (Å²) in [6.45, 7) is 4.22. The Morgan fingerprint density at radius 1 is 1.36 bits per heavy atom. The van der Waals surface area contributed by atoms with Crippen LogP contribution in [0.3, 0.4) is 0 Å². The third kappa shape index (κ3) is 4.05. The summed E-state index contributed by atoms with van der Waals surface area (Å²) in [5.41, 5.74) is 2.08. The van der Waals surface area contributed by atoms with E-state index in [0.29, 0.717) is 26.2 Å². The maximum absolute atomic E-state index is 12.4. The highest BCUT2D eigenvalue weighted by atomic mass is 16.5. The van der Waals surface area contributed by atoms with Gasteiger partial charge in [0, 0.05) is 40.2 Å². The van der Waals surface area contributed by atoms with E-state index in [1.807, 2.05) is 24.3 Å². The van der Waals surface area contributed by atoms with Gasteiger partial charge < -0.3 is 20.3 Å². The molecule has 0 aliphatic carbocycles. The summed E-state index contributed by atoms with van der Waals surface area (Å²) in [6.07, 6.45) is 0. The van der Waals surface area contributed by atoms with E-state index in [1.54, 1.807) is 12.0 Å². The van der Waals surface area contributed by atoms with Crippen molar-refractivity contribution in [3.8, 4) is 0 Å². The number of nitrogens with zero attached hydrogens (tertiary/aromatic N) is 1. The molecule has 1 aliphatic heterocycles. The van der Waals surface area contributed by atoms with Gasteiger partial charge in [0.05, 0.1) is 6.61 Å². The summed E-state index contributed by atoms with van der Waals surface area (Å²) in [7, 11) is 1.65. The summed E-state index contributed by atoms with van der Waals surface area (Å²) < 4.78 is 5.16. The summed E-state index contributed by atoms with van der Waals surface area (Å²) in [5, 5.41) is 6.08. The van der Waals surface area contributed by atoms with Crippen LogP contribution in [0.1, 0.15) is 18.1 Å². The topological polar surface area (TPSA) is 70.7 Å². The van der Waals surface area contributed by atoms with Crippen molar-refractivity contribution in [2.24, 2.45) is 0 Å². The van der Waals surface area contributed by atoms with Gasteiger partial charge in [-0.15, -0.1) is 0 Å². The Bertz CT molecular complexity index is 533. The number of piperazine rings is 1. The third-order valence-electron chi connectivity index (χ3n) is 3.82. The van der Waals surface area contributed by atoms with Gasteiger partial charge in [-0.05, 0) is 11.1 Å². The molecule has 0 saturated carbocycles. The van der Waals surface area contributed by atoms with Gasteiger partial charge in [0.1, 0.15) is 6.04 Å².